The molecule has 6 heteroatoms. The first-order chi connectivity index (χ1) is 13.8. The molecule has 1 fully saturated rings. The molecule has 0 N–H and O–H groups in total. The van der Waals surface area contributed by atoms with Gasteiger partial charge >= 0.3 is 0 Å². The molecule has 3 rings (SSSR count). The van der Waals surface area contributed by atoms with Gasteiger partial charge in [0.15, 0.2) is 9.84 Å². The Labute approximate surface area is 173 Å². The lowest BCUT2D eigenvalue weighted by atomic mass is 9.90. The Hall–Kier alpha value is -2.34. The van der Waals surface area contributed by atoms with E-state index in [1.807, 2.05) is 17.0 Å². The third-order valence-electron chi connectivity index (χ3n) is 5.53. The van der Waals surface area contributed by atoms with Gasteiger partial charge in [0.2, 0.25) is 0 Å². The largest absolute Gasteiger partial charge is 0.497 e. The monoisotopic (exact) mass is 415 g/mol. The van der Waals surface area contributed by atoms with E-state index in [4.69, 9.17) is 4.74 Å². The van der Waals surface area contributed by atoms with E-state index in [1.54, 1.807) is 31.4 Å². The molecule has 0 radical (unpaired) electrons. The van der Waals surface area contributed by atoms with E-state index in [0.29, 0.717) is 17.0 Å². The summed E-state index contributed by atoms with van der Waals surface area (Å²) in [6.07, 6.45) is 5.44. The van der Waals surface area contributed by atoms with Crippen molar-refractivity contribution in [2.24, 2.45) is 5.92 Å². The number of rotatable bonds is 7. The van der Waals surface area contributed by atoms with Gasteiger partial charge in [-0.2, -0.15) is 0 Å². The molecule has 0 spiro atoms. The van der Waals surface area contributed by atoms with Gasteiger partial charge in [-0.05, 0) is 67.0 Å². The topological polar surface area (TPSA) is 63.7 Å². The highest BCUT2D eigenvalue weighted by molar-refractivity contribution is 7.89. The van der Waals surface area contributed by atoms with Crippen LogP contribution in [0.3, 0.4) is 0 Å². The molecule has 0 saturated carbocycles. The fraction of sp³-hybridized carbons (Fsp3) is 0.435. The van der Waals surface area contributed by atoms with Crippen LogP contribution in [0.25, 0.3) is 0 Å². The lowest BCUT2D eigenvalue weighted by Gasteiger charge is -2.32. The van der Waals surface area contributed by atoms with Crippen molar-refractivity contribution in [2.75, 3.05) is 26.5 Å². The van der Waals surface area contributed by atoms with E-state index < -0.39 is 9.84 Å². The van der Waals surface area contributed by atoms with Crippen LogP contribution in [0.4, 0.5) is 0 Å². The molecule has 0 aromatic heterocycles. The molecular formula is C23H29NO4S. The zero-order valence-corrected chi connectivity index (χ0v) is 18.0. The van der Waals surface area contributed by atoms with Crippen LogP contribution in [-0.4, -0.2) is 45.7 Å². The average Bonchev–Trinajstić information content (AvgIpc) is 2.72. The fourth-order valence-corrected chi connectivity index (χ4v) is 4.61. The predicted molar refractivity (Wildman–Crippen MR) is 115 cm³/mol. The second kappa shape index (κ2) is 9.44. The summed E-state index contributed by atoms with van der Waals surface area (Å²) in [5, 5.41) is 0. The Morgan fingerprint density at radius 1 is 1.00 bits per heavy atom. The van der Waals surface area contributed by atoms with Crippen molar-refractivity contribution in [2.45, 2.75) is 31.4 Å². The lowest BCUT2D eigenvalue weighted by molar-refractivity contribution is 0.0687. The van der Waals surface area contributed by atoms with Gasteiger partial charge in [0.05, 0.1) is 12.9 Å². The number of piperidine rings is 1. The average molecular weight is 416 g/mol. The van der Waals surface area contributed by atoms with Crippen LogP contribution in [0, 0.1) is 5.92 Å². The number of hydrogen-bond donors (Lipinski definition) is 0. The standard InChI is InChI=1S/C23H29NO4S/c1-28-22-11-7-18(8-12-22)3-4-19-13-15-24(16-14-19)23(25)21-9-5-20(6-10-21)17-29(2,26)27/h5-12,19H,3-4,13-17H2,1-2H3. The van der Waals surface area contributed by atoms with Gasteiger partial charge in [0.25, 0.3) is 5.91 Å². The minimum atomic E-state index is -3.07. The Morgan fingerprint density at radius 2 is 1.59 bits per heavy atom. The van der Waals surface area contributed by atoms with Crippen molar-refractivity contribution < 1.29 is 17.9 Å². The second-order valence-electron chi connectivity index (χ2n) is 7.89. The van der Waals surface area contributed by atoms with E-state index in [0.717, 1.165) is 44.5 Å². The molecule has 1 amide bonds. The number of ether oxygens (including phenoxy) is 1. The molecule has 1 saturated heterocycles. The molecule has 156 valence electrons. The SMILES string of the molecule is COc1ccc(CCC2CCN(C(=O)c3ccc(CS(C)(=O)=O)cc3)CC2)cc1. The van der Waals surface area contributed by atoms with Gasteiger partial charge in [-0.3, -0.25) is 4.79 Å². The number of likely N-dealkylation sites (tertiary alicyclic amines) is 1. The van der Waals surface area contributed by atoms with E-state index in [9.17, 15) is 13.2 Å². The van der Waals surface area contributed by atoms with Crippen LogP contribution in [0.5, 0.6) is 5.75 Å². The first kappa shape index (κ1) is 21.4. The molecule has 0 unspecified atom stereocenters. The molecule has 1 aliphatic rings. The lowest BCUT2D eigenvalue weighted by Crippen LogP contribution is -2.38. The summed E-state index contributed by atoms with van der Waals surface area (Å²) < 4.78 is 28.0. The van der Waals surface area contributed by atoms with E-state index in [-0.39, 0.29) is 11.7 Å². The van der Waals surface area contributed by atoms with E-state index in [2.05, 4.69) is 12.1 Å². The molecule has 2 aromatic rings. The van der Waals surface area contributed by atoms with Gasteiger partial charge in [0, 0.05) is 24.9 Å². The molecular weight excluding hydrogens is 386 g/mol. The van der Waals surface area contributed by atoms with Crippen molar-refractivity contribution >= 4 is 15.7 Å². The van der Waals surface area contributed by atoms with Crippen LogP contribution < -0.4 is 4.74 Å². The number of aryl methyl sites for hydroxylation is 1. The first-order valence-corrected chi connectivity index (χ1v) is 12.1. The van der Waals surface area contributed by atoms with Crippen LogP contribution in [0.1, 0.15) is 40.7 Å². The quantitative estimate of drug-likeness (QED) is 0.691. The zero-order valence-electron chi connectivity index (χ0n) is 17.1. The maximum absolute atomic E-state index is 12.7. The fourth-order valence-electron chi connectivity index (χ4n) is 3.82. The smallest absolute Gasteiger partial charge is 0.253 e. The summed E-state index contributed by atoms with van der Waals surface area (Å²) in [5.41, 5.74) is 2.65. The summed E-state index contributed by atoms with van der Waals surface area (Å²) in [4.78, 5) is 14.7. The number of hydrogen-bond acceptors (Lipinski definition) is 4. The maximum Gasteiger partial charge on any atom is 0.253 e. The third-order valence-corrected chi connectivity index (χ3v) is 6.39. The first-order valence-electron chi connectivity index (χ1n) is 10.0. The van der Waals surface area contributed by atoms with Gasteiger partial charge in [0.1, 0.15) is 5.75 Å². The summed E-state index contributed by atoms with van der Waals surface area (Å²) in [7, 11) is -1.39. The van der Waals surface area contributed by atoms with Crippen LogP contribution in [-0.2, 0) is 22.0 Å². The van der Waals surface area contributed by atoms with Gasteiger partial charge < -0.3 is 9.64 Å². The number of carbonyl (C=O) groups is 1. The van der Waals surface area contributed by atoms with Gasteiger partial charge in [-0.15, -0.1) is 0 Å². The number of amides is 1. The Morgan fingerprint density at radius 3 is 2.14 bits per heavy atom. The van der Waals surface area contributed by atoms with Gasteiger partial charge in [-0.25, -0.2) is 8.42 Å². The molecule has 5 nitrogen and oxygen atoms in total. The van der Waals surface area contributed by atoms with Gasteiger partial charge in [-0.1, -0.05) is 24.3 Å². The summed E-state index contributed by atoms with van der Waals surface area (Å²) in [5.74, 6) is 1.55. The number of sulfone groups is 1. The summed E-state index contributed by atoms with van der Waals surface area (Å²) >= 11 is 0. The highest BCUT2D eigenvalue weighted by Gasteiger charge is 2.23. The highest BCUT2D eigenvalue weighted by atomic mass is 32.2. The highest BCUT2D eigenvalue weighted by Crippen LogP contribution is 2.24. The zero-order chi connectivity index (χ0) is 20.9. The molecule has 0 aliphatic carbocycles. The van der Waals surface area contributed by atoms with Crippen molar-refractivity contribution in [3.05, 3.63) is 65.2 Å². The number of methoxy groups -OCH3 is 1. The minimum Gasteiger partial charge on any atom is -0.497 e. The Bertz CT molecular complexity index is 912. The van der Waals surface area contributed by atoms with Crippen molar-refractivity contribution in [3.8, 4) is 5.75 Å². The van der Waals surface area contributed by atoms with Crippen molar-refractivity contribution in [1.82, 2.24) is 4.90 Å². The molecule has 29 heavy (non-hydrogen) atoms. The molecule has 0 atom stereocenters. The van der Waals surface area contributed by atoms with E-state index in [1.165, 1.54) is 11.8 Å². The number of nitrogens with zero attached hydrogens (tertiary/aromatic N) is 1. The normalized spacial score (nSPS) is 15.3. The van der Waals surface area contributed by atoms with E-state index >= 15 is 0 Å². The summed E-state index contributed by atoms with van der Waals surface area (Å²) in [6.45, 7) is 1.55. The minimum absolute atomic E-state index is 0.00105. The second-order valence-corrected chi connectivity index (χ2v) is 10.0. The number of carbonyl (C=O) groups excluding carboxylic acids is 1. The Balaban J connectivity index is 1.47. The van der Waals surface area contributed by atoms with Crippen LogP contribution >= 0.6 is 0 Å². The Kier molecular flexibility index (Phi) is 6.96. The predicted octanol–water partition coefficient (Wildman–Crippen LogP) is 3.72. The third kappa shape index (κ3) is 6.32. The molecule has 2 aromatic carbocycles. The van der Waals surface area contributed by atoms with Crippen LogP contribution in [0.15, 0.2) is 48.5 Å². The molecule has 0 bridgehead atoms. The molecule has 1 aliphatic heterocycles. The van der Waals surface area contributed by atoms with Crippen molar-refractivity contribution in [1.29, 1.82) is 0 Å². The van der Waals surface area contributed by atoms with Crippen LogP contribution in [0.2, 0.25) is 0 Å². The summed E-state index contributed by atoms with van der Waals surface area (Å²) in [6, 6.07) is 15.2. The maximum atomic E-state index is 12.7. The molecule has 1 heterocycles. The van der Waals surface area contributed by atoms with Crippen molar-refractivity contribution in [3.63, 3.8) is 0 Å². The number of benzene rings is 2.